The molecule has 1 atom stereocenters. The molecule has 1 fully saturated rings. The molecule has 9 heteroatoms. The summed E-state index contributed by atoms with van der Waals surface area (Å²) in [7, 11) is 0. The van der Waals surface area contributed by atoms with Gasteiger partial charge in [0.2, 0.25) is 5.91 Å². The molecule has 0 bridgehead atoms. The summed E-state index contributed by atoms with van der Waals surface area (Å²) in [6, 6.07) is 5.89. The fourth-order valence-corrected chi connectivity index (χ4v) is 2.85. The zero-order chi connectivity index (χ0) is 19.3. The number of carbonyl (C=O) groups is 2. The van der Waals surface area contributed by atoms with Crippen molar-refractivity contribution in [3.63, 3.8) is 0 Å². The Hall–Kier alpha value is -1.93. The predicted molar refractivity (Wildman–Crippen MR) is 100 cm³/mol. The van der Waals surface area contributed by atoms with Gasteiger partial charge in [0.15, 0.2) is 0 Å². The van der Waals surface area contributed by atoms with Gasteiger partial charge >= 0.3 is 6.61 Å². The van der Waals surface area contributed by atoms with Gasteiger partial charge in [-0.15, -0.1) is 12.4 Å². The van der Waals surface area contributed by atoms with E-state index in [1.807, 2.05) is 13.8 Å². The van der Waals surface area contributed by atoms with E-state index < -0.39 is 18.1 Å². The normalized spacial score (nSPS) is 17.3. The van der Waals surface area contributed by atoms with Gasteiger partial charge in [-0.25, -0.2) is 0 Å². The lowest BCUT2D eigenvalue weighted by Crippen LogP contribution is -2.50. The molecule has 1 aliphatic rings. The van der Waals surface area contributed by atoms with Crippen molar-refractivity contribution in [3.05, 3.63) is 29.8 Å². The lowest BCUT2D eigenvalue weighted by atomic mass is 9.96. The Morgan fingerprint density at radius 2 is 2.04 bits per heavy atom. The Morgan fingerprint density at radius 1 is 1.37 bits per heavy atom. The highest BCUT2D eigenvalue weighted by molar-refractivity contribution is 5.97. The van der Waals surface area contributed by atoms with Crippen molar-refractivity contribution in [2.75, 3.05) is 19.6 Å². The molecule has 6 nitrogen and oxygen atoms in total. The zero-order valence-electron chi connectivity index (χ0n) is 15.4. The van der Waals surface area contributed by atoms with Crippen LogP contribution in [-0.2, 0) is 4.79 Å². The van der Waals surface area contributed by atoms with Gasteiger partial charge in [0.25, 0.3) is 5.91 Å². The number of nitrogens with one attached hydrogen (secondary N) is 1. The molecule has 0 radical (unpaired) electrons. The van der Waals surface area contributed by atoms with Crippen molar-refractivity contribution in [2.24, 2.45) is 11.7 Å². The first-order valence-corrected chi connectivity index (χ1v) is 8.57. The number of alkyl halides is 2. The van der Waals surface area contributed by atoms with Gasteiger partial charge in [0, 0.05) is 25.2 Å². The predicted octanol–water partition coefficient (Wildman–Crippen LogP) is 2.42. The number of hydrogen-bond donors (Lipinski definition) is 2. The molecular weight excluding hydrogens is 380 g/mol. The molecule has 2 rings (SSSR count). The Morgan fingerprint density at radius 3 is 2.67 bits per heavy atom. The number of nitrogens with zero attached hydrogens (tertiary/aromatic N) is 1. The Labute approximate surface area is 163 Å². The minimum atomic E-state index is -3.01. The number of amides is 2. The van der Waals surface area contributed by atoms with Crippen LogP contribution < -0.4 is 15.8 Å². The first-order chi connectivity index (χ1) is 12.2. The summed E-state index contributed by atoms with van der Waals surface area (Å²) >= 11 is 0. The topological polar surface area (TPSA) is 84.7 Å². The second-order valence-electron chi connectivity index (χ2n) is 7.17. The van der Waals surface area contributed by atoms with E-state index >= 15 is 0 Å². The number of piperidine rings is 1. The lowest BCUT2D eigenvalue weighted by molar-refractivity contribution is -0.126. The van der Waals surface area contributed by atoms with Crippen LogP contribution in [0, 0.1) is 5.92 Å². The SMILES string of the molecule is CC(C)(N)CNC(=O)C1CCCN(C(=O)c2ccccc2OC(F)F)C1.Cl. The van der Waals surface area contributed by atoms with E-state index in [1.165, 1.54) is 23.1 Å². The highest BCUT2D eigenvalue weighted by atomic mass is 35.5. The van der Waals surface area contributed by atoms with E-state index in [9.17, 15) is 18.4 Å². The third-order valence-electron chi connectivity index (χ3n) is 4.13. The number of rotatable bonds is 6. The molecule has 1 aromatic rings. The maximum atomic E-state index is 12.7. The van der Waals surface area contributed by atoms with Crippen LogP contribution in [0.2, 0.25) is 0 Å². The van der Waals surface area contributed by atoms with Crippen LogP contribution in [-0.4, -0.2) is 48.5 Å². The molecule has 1 aromatic carbocycles. The molecule has 3 N–H and O–H groups in total. The smallest absolute Gasteiger partial charge is 0.387 e. The van der Waals surface area contributed by atoms with Crippen molar-refractivity contribution in [2.45, 2.75) is 38.8 Å². The number of para-hydroxylation sites is 1. The summed E-state index contributed by atoms with van der Waals surface area (Å²) in [6.07, 6.45) is 1.32. The number of benzene rings is 1. The largest absolute Gasteiger partial charge is 0.434 e. The molecular formula is C18H26ClF2N3O3. The molecule has 1 unspecified atom stereocenters. The number of likely N-dealkylation sites (tertiary alicyclic amines) is 1. The molecule has 2 amide bonds. The summed E-state index contributed by atoms with van der Waals surface area (Å²) in [5.74, 6) is -1.08. The van der Waals surface area contributed by atoms with Gasteiger partial charge in [0.05, 0.1) is 11.5 Å². The van der Waals surface area contributed by atoms with E-state index in [4.69, 9.17) is 5.73 Å². The van der Waals surface area contributed by atoms with Crippen LogP contribution in [0.5, 0.6) is 5.75 Å². The maximum Gasteiger partial charge on any atom is 0.387 e. The molecule has 1 heterocycles. The fourth-order valence-electron chi connectivity index (χ4n) is 2.85. The van der Waals surface area contributed by atoms with E-state index in [-0.39, 0.29) is 42.1 Å². The molecule has 152 valence electrons. The van der Waals surface area contributed by atoms with Gasteiger partial charge in [-0.1, -0.05) is 12.1 Å². The first-order valence-electron chi connectivity index (χ1n) is 8.57. The van der Waals surface area contributed by atoms with Gasteiger partial charge in [-0.05, 0) is 38.8 Å². The van der Waals surface area contributed by atoms with Crippen LogP contribution in [0.15, 0.2) is 24.3 Å². The maximum absolute atomic E-state index is 12.7. The van der Waals surface area contributed by atoms with E-state index in [0.29, 0.717) is 25.9 Å². The Kier molecular flexibility index (Phi) is 8.43. The second-order valence-corrected chi connectivity index (χ2v) is 7.17. The fraction of sp³-hybridized carbons (Fsp3) is 0.556. The van der Waals surface area contributed by atoms with Crippen LogP contribution in [0.25, 0.3) is 0 Å². The van der Waals surface area contributed by atoms with E-state index in [0.717, 1.165) is 0 Å². The van der Waals surface area contributed by atoms with E-state index in [1.54, 1.807) is 6.07 Å². The number of carbonyl (C=O) groups excluding carboxylic acids is 2. The Bertz CT molecular complexity index is 653. The van der Waals surface area contributed by atoms with Crippen molar-refractivity contribution in [3.8, 4) is 5.75 Å². The average Bonchev–Trinajstić information content (AvgIpc) is 2.58. The minimum Gasteiger partial charge on any atom is -0.434 e. The van der Waals surface area contributed by atoms with Crippen LogP contribution in [0.4, 0.5) is 8.78 Å². The summed E-state index contributed by atoms with van der Waals surface area (Å²) in [6.45, 7) is 1.64. The monoisotopic (exact) mass is 405 g/mol. The summed E-state index contributed by atoms with van der Waals surface area (Å²) < 4.78 is 29.5. The number of hydrogen-bond acceptors (Lipinski definition) is 4. The van der Waals surface area contributed by atoms with Crippen molar-refractivity contribution in [1.29, 1.82) is 0 Å². The van der Waals surface area contributed by atoms with Gasteiger partial charge in [0.1, 0.15) is 5.75 Å². The van der Waals surface area contributed by atoms with E-state index in [2.05, 4.69) is 10.1 Å². The second kappa shape index (κ2) is 9.85. The van der Waals surface area contributed by atoms with Crippen LogP contribution in [0.1, 0.15) is 37.0 Å². The third-order valence-corrected chi connectivity index (χ3v) is 4.13. The molecule has 1 aliphatic heterocycles. The van der Waals surface area contributed by atoms with Crippen molar-refractivity contribution < 1.29 is 23.1 Å². The average molecular weight is 406 g/mol. The Balaban J connectivity index is 0.00000364. The third kappa shape index (κ3) is 6.95. The quantitative estimate of drug-likeness (QED) is 0.761. The van der Waals surface area contributed by atoms with Gasteiger partial charge in [-0.2, -0.15) is 8.78 Å². The number of halogens is 3. The summed E-state index contributed by atoms with van der Waals surface area (Å²) in [5.41, 5.74) is 5.41. The van der Waals surface area contributed by atoms with Crippen molar-refractivity contribution >= 4 is 24.2 Å². The highest BCUT2D eigenvalue weighted by Gasteiger charge is 2.30. The summed E-state index contributed by atoms with van der Waals surface area (Å²) in [5, 5.41) is 2.80. The lowest BCUT2D eigenvalue weighted by Gasteiger charge is -2.33. The number of ether oxygens (including phenoxy) is 1. The van der Waals surface area contributed by atoms with Crippen LogP contribution in [0.3, 0.4) is 0 Å². The molecule has 0 aliphatic carbocycles. The molecule has 0 aromatic heterocycles. The highest BCUT2D eigenvalue weighted by Crippen LogP contribution is 2.25. The van der Waals surface area contributed by atoms with Gasteiger partial charge in [-0.3, -0.25) is 9.59 Å². The molecule has 0 spiro atoms. The van der Waals surface area contributed by atoms with Crippen LogP contribution >= 0.6 is 12.4 Å². The molecule has 0 saturated carbocycles. The zero-order valence-corrected chi connectivity index (χ0v) is 16.2. The van der Waals surface area contributed by atoms with Crippen molar-refractivity contribution in [1.82, 2.24) is 10.2 Å². The summed E-state index contributed by atoms with van der Waals surface area (Å²) in [4.78, 5) is 26.6. The molecule has 1 saturated heterocycles. The number of nitrogens with two attached hydrogens (primary N) is 1. The first kappa shape index (κ1) is 23.1. The van der Waals surface area contributed by atoms with Gasteiger partial charge < -0.3 is 20.7 Å². The molecule has 27 heavy (non-hydrogen) atoms. The standard InChI is InChI=1S/C18H25F2N3O3.ClH/c1-18(2,21)11-22-15(24)12-6-5-9-23(10-12)16(25)13-7-3-4-8-14(13)26-17(19)20;/h3-4,7-8,12,17H,5-6,9-11,21H2,1-2H3,(H,22,24);1H. The minimum absolute atomic E-state index is 0.